The van der Waals surface area contributed by atoms with E-state index in [0.717, 1.165) is 27.6 Å². The zero-order valence-corrected chi connectivity index (χ0v) is 16.2. The van der Waals surface area contributed by atoms with E-state index in [2.05, 4.69) is 34.5 Å². The summed E-state index contributed by atoms with van der Waals surface area (Å²) in [6, 6.07) is 21.9. The fraction of sp³-hybridized carbons (Fsp3) is 0.136. The van der Waals surface area contributed by atoms with Gasteiger partial charge in [-0.05, 0) is 46.2 Å². The van der Waals surface area contributed by atoms with Gasteiger partial charge in [-0.1, -0.05) is 54.2 Å². The lowest BCUT2D eigenvalue weighted by Gasteiger charge is -2.16. The van der Waals surface area contributed by atoms with Crippen molar-refractivity contribution in [2.24, 2.45) is 10.2 Å². The monoisotopic (exact) mass is 389 g/mol. The van der Waals surface area contributed by atoms with E-state index in [0.29, 0.717) is 17.5 Å². The van der Waals surface area contributed by atoms with Gasteiger partial charge in [0.1, 0.15) is 5.75 Å². The van der Waals surface area contributed by atoms with E-state index in [1.165, 1.54) is 11.8 Å². The molecule has 5 nitrogen and oxygen atoms in total. The van der Waals surface area contributed by atoms with Crippen LogP contribution in [-0.4, -0.2) is 35.1 Å². The van der Waals surface area contributed by atoms with Gasteiger partial charge in [-0.25, -0.2) is 0 Å². The van der Waals surface area contributed by atoms with Crippen molar-refractivity contribution in [3.05, 3.63) is 77.9 Å². The minimum atomic E-state index is 0.0522. The predicted octanol–water partition coefficient (Wildman–Crippen LogP) is 4.31. The molecule has 0 radical (unpaired) electrons. The van der Waals surface area contributed by atoms with Gasteiger partial charge in [0, 0.05) is 0 Å². The van der Waals surface area contributed by atoms with Crippen LogP contribution in [0.5, 0.6) is 5.75 Å². The van der Waals surface area contributed by atoms with E-state index in [4.69, 9.17) is 4.74 Å². The second-order valence-electron chi connectivity index (χ2n) is 6.31. The van der Waals surface area contributed by atoms with Crippen molar-refractivity contribution in [3.8, 4) is 5.75 Å². The molecule has 1 heterocycles. The number of amides is 1. The van der Waals surface area contributed by atoms with Crippen LogP contribution >= 0.6 is 11.8 Å². The SMILES string of the molecule is COc1ccc(/C=N\N=C2\SCC(=O)N2Cc2cccc3ccccc23)cc1. The van der Waals surface area contributed by atoms with Crippen molar-refractivity contribution in [3.63, 3.8) is 0 Å². The van der Waals surface area contributed by atoms with Crippen LogP contribution in [0.1, 0.15) is 11.1 Å². The van der Waals surface area contributed by atoms with Gasteiger partial charge in [-0.15, -0.1) is 5.10 Å². The molecule has 6 heteroatoms. The lowest BCUT2D eigenvalue weighted by Crippen LogP contribution is -2.28. The van der Waals surface area contributed by atoms with Gasteiger partial charge in [0.15, 0.2) is 5.17 Å². The number of methoxy groups -OCH3 is 1. The fourth-order valence-corrected chi connectivity index (χ4v) is 3.90. The largest absolute Gasteiger partial charge is 0.497 e. The summed E-state index contributed by atoms with van der Waals surface area (Å²) in [4.78, 5) is 14.1. The van der Waals surface area contributed by atoms with Crippen LogP contribution in [-0.2, 0) is 11.3 Å². The smallest absolute Gasteiger partial charge is 0.239 e. The Kier molecular flexibility index (Phi) is 5.39. The van der Waals surface area contributed by atoms with E-state index in [1.807, 2.05) is 42.5 Å². The molecule has 0 N–H and O–H groups in total. The zero-order chi connectivity index (χ0) is 19.3. The minimum absolute atomic E-state index is 0.0522. The van der Waals surface area contributed by atoms with Gasteiger partial charge in [0.25, 0.3) is 0 Å². The molecule has 0 saturated carbocycles. The molecule has 0 aliphatic carbocycles. The van der Waals surface area contributed by atoms with Crippen LogP contribution < -0.4 is 4.74 Å². The molecule has 1 aliphatic rings. The molecule has 3 aromatic carbocycles. The summed E-state index contributed by atoms with van der Waals surface area (Å²) >= 11 is 1.42. The first-order valence-corrected chi connectivity index (χ1v) is 9.88. The summed E-state index contributed by atoms with van der Waals surface area (Å²) in [7, 11) is 1.63. The molecule has 0 bridgehead atoms. The molecule has 140 valence electrons. The fourth-order valence-electron chi connectivity index (χ4n) is 3.06. The number of rotatable bonds is 5. The van der Waals surface area contributed by atoms with E-state index in [1.54, 1.807) is 18.2 Å². The van der Waals surface area contributed by atoms with Crippen LogP contribution in [0.3, 0.4) is 0 Å². The average molecular weight is 389 g/mol. The molecule has 1 fully saturated rings. The third-order valence-electron chi connectivity index (χ3n) is 4.53. The van der Waals surface area contributed by atoms with Gasteiger partial charge in [0.05, 0.1) is 25.6 Å². The van der Waals surface area contributed by atoms with Crippen molar-refractivity contribution in [2.75, 3.05) is 12.9 Å². The normalized spacial score (nSPS) is 15.8. The third kappa shape index (κ3) is 3.92. The van der Waals surface area contributed by atoms with Crippen molar-refractivity contribution >= 4 is 39.8 Å². The number of fused-ring (bicyclic) bond motifs is 1. The summed E-state index contributed by atoms with van der Waals surface area (Å²) in [6.07, 6.45) is 1.67. The van der Waals surface area contributed by atoms with Crippen LogP contribution in [0.25, 0.3) is 10.8 Å². The van der Waals surface area contributed by atoms with Crippen LogP contribution in [0.4, 0.5) is 0 Å². The molecule has 0 atom stereocenters. The Balaban J connectivity index is 1.54. The van der Waals surface area contributed by atoms with Crippen LogP contribution in [0.2, 0.25) is 0 Å². The molecule has 0 aromatic heterocycles. The van der Waals surface area contributed by atoms with Crippen molar-refractivity contribution < 1.29 is 9.53 Å². The Hall–Kier alpha value is -3.12. The Morgan fingerprint density at radius 2 is 1.86 bits per heavy atom. The highest BCUT2D eigenvalue weighted by Crippen LogP contribution is 2.25. The number of thioether (sulfide) groups is 1. The summed E-state index contributed by atoms with van der Waals surface area (Å²) in [5.41, 5.74) is 2.01. The molecule has 1 amide bonds. The molecular formula is C22H19N3O2S. The molecule has 1 aliphatic heterocycles. The Labute approximate surface area is 167 Å². The first kappa shape index (κ1) is 18.3. The average Bonchev–Trinajstić information content (AvgIpc) is 3.08. The first-order valence-electron chi connectivity index (χ1n) is 8.89. The minimum Gasteiger partial charge on any atom is -0.497 e. The molecule has 28 heavy (non-hydrogen) atoms. The maximum atomic E-state index is 12.4. The second-order valence-corrected chi connectivity index (χ2v) is 7.25. The van der Waals surface area contributed by atoms with Crippen molar-refractivity contribution in [2.45, 2.75) is 6.54 Å². The van der Waals surface area contributed by atoms with Gasteiger partial charge in [-0.3, -0.25) is 9.69 Å². The maximum Gasteiger partial charge on any atom is 0.239 e. The number of benzene rings is 3. The quantitative estimate of drug-likeness (QED) is 0.483. The third-order valence-corrected chi connectivity index (χ3v) is 5.48. The highest BCUT2D eigenvalue weighted by Gasteiger charge is 2.28. The number of hydrogen-bond acceptors (Lipinski definition) is 5. The highest BCUT2D eigenvalue weighted by molar-refractivity contribution is 8.15. The number of carbonyl (C=O) groups excluding carboxylic acids is 1. The number of amidine groups is 1. The Morgan fingerprint density at radius 3 is 2.68 bits per heavy atom. The summed E-state index contributed by atoms with van der Waals surface area (Å²) in [5.74, 6) is 1.24. The second kappa shape index (κ2) is 8.27. The first-order chi connectivity index (χ1) is 13.7. The van der Waals surface area contributed by atoms with Gasteiger partial charge >= 0.3 is 0 Å². The van der Waals surface area contributed by atoms with Gasteiger partial charge < -0.3 is 4.74 Å². The Morgan fingerprint density at radius 1 is 1.07 bits per heavy atom. The number of carbonyl (C=O) groups is 1. The molecule has 4 rings (SSSR count). The maximum absolute atomic E-state index is 12.4. The lowest BCUT2D eigenvalue weighted by molar-refractivity contribution is -0.124. The number of hydrogen-bond donors (Lipinski definition) is 0. The molecule has 1 saturated heterocycles. The summed E-state index contributed by atoms with van der Waals surface area (Å²) < 4.78 is 5.15. The number of nitrogens with zero attached hydrogens (tertiary/aromatic N) is 3. The van der Waals surface area contributed by atoms with Gasteiger partial charge in [-0.2, -0.15) is 5.10 Å². The molecular weight excluding hydrogens is 370 g/mol. The standard InChI is InChI=1S/C22H19N3O2S/c1-27-19-11-9-16(10-12-19)13-23-24-22-25(21(26)15-28-22)14-18-7-4-6-17-5-2-3-8-20(17)18/h2-13H,14-15H2,1H3/b23-13-,24-22+. The van der Waals surface area contributed by atoms with E-state index in [9.17, 15) is 4.79 Å². The molecule has 0 spiro atoms. The van der Waals surface area contributed by atoms with Gasteiger partial charge in [0.2, 0.25) is 5.91 Å². The molecule has 3 aromatic rings. The predicted molar refractivity (Wildman–Crippen MR) is 115 cm³/mol. The Bertz CT molecular complexity index is 1060. The summed E-state index contributed by atoms with van der Waals surface area (Å²) in [6.45, 7) is 0.490. The van der Waals surface area contributed by atoms with E-state index in [-0.39, 0.29) is 5.91 Å². The van der Waals surface area contributed by atoms with E-state index >= 15 is 0 Å². The van der Waals surface area contributed by atoms with E-state index < -0.39 is 0 Å². The summed E-state index contributed by atoms with van der Waals surface area (Å²) in [5, 5.41) is 11.4. The lowest BCUT2D eigenvalue weighted by atomic mass is 10.0. The topological polar surface area (TPSA) is 54.3 Å². The van der Waals surface area contributed by atoms with Crippen molar-refractivity contribution in [1.82, 2.24) is 4.90 Å². The zero-order valence-electron chi connectivity index (χ0n) is 15.4. The number of ether oxygens (including phenoxy) is 1. The van der Waals surface area contributed by atoms with Crippen LogP contribution in [0.15, 0.2) is 76.9 Å². The van der Waals surface area contributed by atoms with Crippen molar-refractivity contribution in [1.29, 1.82) is 0 Å². The highest BCUT2D eigenvalue weighted by atomic mass is 32.2. The van der Waals surface area contributed by atoms with Crippen LogP contribution in [0, 0.1) is 0 Å². The molecule has 0 unspecified atom stereocenters.